The van der Waals surface area contributed by atoms with E-state index in [4.69, 9.17) is 9.47 Å². The lowest BCUT2D eigenvalue weighted by Crippen LogP contribution is -2.42. The number of aliphatic carboxylic acids is 1. The first-order valence-corrected chi connectivity index (χ1v) is 10.9. The number of carboxylic acids is 1. The molecule has 8 nitrogen and oxygen atoms in total. The second-order valence-corrected chi connectivity index (χ2v) is 9.09. The zero-order valence-corrected chi connectivity index (χ0v) is 19.1. The first kappa shape index (κ1) is 24.1. The van der Waals surface area contributed by atoms with Gasteiger partial charge in [0.2, 0.25) is 5.91 Å². The van der Waals surface area contributed by atoms with Crippen LogP contribution in [0.2, 0.25) is 0 Å². The molecule has 0 aliphatic carbocycles. The first-order valence-electron chi connectivity index (χ1n) is 10.9. The van der Waals surface area contributed by atoms with Gasteiger partial charge in [-0.2, -0.15) is 0 Å². The SMILES string of the molecule is CC(C)(C)OC(=O)NCc1ccc2c(c1)C(CC(=O)NC(Cc1ccccc1)C(=O)O)CO2. The van der Waals surface area contributed by atoms with Crippen molar-refractivity contribution in [2.75, 3.05) is 6.61 Å². The molecule has 2 unspecified atom stereocenters. The van der Waals surface area contributed by atoms with Gasteiger partial charge in [0.25, 0.3) is 0 Å². The second kappa shape index (κ2) is 10.4. The molecule has 8 heteroatoms. The maximum Gasteiger partial charge on any atom is 0.407 e. The molecule has 2 aromatic rings. The topological polar surface area (TPSA) is 114 Å². The number of fused-ring (bicyclic) bond motifs is 1. The van der Waals surface area contributed by atoms with E-state index >= 15 is 0 Å². The maximum absolute atomic E-state index is 12.6. The third kappa shape index (κ3) is 7.24. The van der Waals surface area contributed by atoms with Crippen LogP contribution in [0.4, 0.5) is 4.79 Å². The average molecular weight is 455 g/mol. The van der Waals surface area contributed by atoms with E-state index in [1.807, 2.05) is 48.5 Å². The van der Waals surface area contributed by atoms with Gasteiger partial charge in [-0.05, 0) is 44.0 Å². The quantitative estimate of drug-likeness (QED) is 0.563. The normalized spacial score (nSPS) is 15.7. The molecule has 2 aromatic carbocycles. The second-order valence-electron chi connectivity index (χ2n) is 9.09. The summed E-state index contributed by atoms with van der Waals surface area (Å²) in [5, 5.41) is 14.9. The van der Waals surface area contributed by atoms with Crippen LogP contribution < -0.4 is 15.4 Å². The molecule has 2 atom stereocenters. The fourth-order valence-corrected chi connectivity index (χ4v) is 3.62. The summed E-state index contributed by atoms with van der Waals surface area (Å²) in [6.07, 6.45) is -0.192. The Labute approximate surface area is 193 Å². The fraction of sp³-hybridized carbons (Fsp3) is 0.400. The third-order valence-electron chi connectivity index (χ3n) is 5.14. The van der Waals surface area contributed by atoms with E-state index in [0.29, 0.717) is 12.4 Å². The van der Waals surface area contributed by atoms with Crippen molar-refractivity contribution in [3.8, 4) is 5.75 Å². The number of amides is 2. The van der Waals surface area contributed by atoms with E-state index in [1.165, 1.54) is 0 Å². The molecule has 0 radical (unpaired) electrons. The number of ether oxygens (including phenoxy) is 2. The molecule has 33 heavy (non-hydrogen) atoms. The van der Waals surface area contributed by atoms with E-state index in [1.54, 1.807) is 20.8 Å². The van der Waals surface area contributed by atoms with Crippen LogP contribution in [-0.2, 0) is 27.3 Å². The molecular weight excluding hydrogens is 424 g/mol. The third-order valence-corrected chi connectivity index (χ3v) is 5.14. The number of nitrogens with one attached hydrogen (secondary N) is 2. The average Bonchev–Trinajstić information content (AvgIpc) is 3.13. The van der Waals surface area contributed by atoms with Gasteiger partial charge in [0.05, 0.1) is 6.61 Å². The maximum atomic E-state index is 12.6. The van der Waals surface area contributed by atoms with Crippen LogP contribution in [-0.4, -0.2) is 41.3 Å². The number of hydrogen-bond acceptors (Lipinski definition) is 5. The number of benzene rings is 2. The lowest BCUT2D eigenvalue weighted by Gasteiger charge is -2.19. The van der Waals surface area contributed by atoms with Gasteiger partial charge in [0.1, 0.15) is 17.4 Å². The lowest BCUT2D eigenvalue weighted by atomic mass is 9.95. The standard InChI is InChI=1S/C25H30N2O6/c1-25(2,3)33-24(31)26-14-17-9-10-21-19(11-17)18(15-32-21)13-22(28)27-20(23(29)30)12-16-7-5-4-6-8-16/h4-11,18,20H,12-15H2,1-3H3,(H,26,31)(H,27,28)(H,29,30). The largest absolute Gasteiger partial charge is 0.493 e. The Morgan fingerprint density at radius 3 is 2.52 bits per heavy atom. The minimum absolute atomic E-state index is 0.106. The highest BCUT2D eigenvalue weighted by atomic mass is 16.6. The molecule has 1 heterocycles. The minimum Gasteiger partial charge on any atom is -0.493 e. The summed E-state index contributed by atoms with van der Waals surface area (Å²) in [5.41, 5.74) is 1.97. The van der Waals surface area contributed by atoms with Gasteiger partial charge >= 0.3 is 12.1 Å². The highest BCUT2D eigenvalue weighted by Gasteiger charge is 2.29. The van der Waals surface area contributed by atoms with Crippen molar-refractivity contribution in [1.82, 2.24) is 10.6 Å². The smallest absolute Gasteiger partial charge is 0.407 e. The van der Waals surface area contributed by atoms with Gasteiger partial charge in [0, 0.05) is 30.9 Å². The van der Waals surface area contributed by atoms with E-state index in [9.17, 15) is 19.5 Å². The van der Waals surface area contributed by atoms with Crippen molar-refractivity contribution in [3.63, 3.8) is 0 Å². The van der Waals surface area contributed by atoms with E-state index < -0.39 is 23.7 Å². The summed E-state index contributed by atoms with van der Waals surface area (Å²) in [7, 11) is 0. The minimum atomic E-state index is -1.08. The molecule has 3 rings (SSSR count). The van der Waals surface area contributed by atoms with Crippen LogP contribution in [0.15, 0.2) is 48.5 Å². The molecule has 0 saturated carbocycles. The van der Waals surface area contributed by atoms with Gasteiger partial charge in [-0.3, -0.25) is 4.79 Å². The number of rotatable bonds is 8. The molecule has 3 N–H and O–H groups in total. The summed E-state index contributed by atoms with van der Waals surface area (Å²) in [5.74, 6) is -0.941. The molecule has 0 spiro atoms. The van der Waals surface area contributed by atoms with E-state index in [2.05, 4.69) is 10.6 Å². The van der Waals surface area contributed by atoms with Crippen molar-refractivity contribution >= 4 is 18.0 Å². The number of alkyl carbamates (subject to hydrolysis) is 1. The Morgan fingerprint density at radius 2 is 1.85 bits per heavy atom. The van der Waals surface area contributed by atoms with Gasteiger partial charge in [-0.25, -0.2) is 9.59 Å². The summed E-state index contributed by atoms with van der Waals surface area (Å²) < 4.78 is 10.9. The number of carboxylic acid groups (broad SMARTS) is 1. The van der Waals surface area contributed by atoms with Crippen LogP contribution >= 0.6 is 0 Å². The van der Waals surface area contributed by atoms with Gasteiger partial charge in [-0.15, -0.1) is 0 Å². The Kier molecular flexibility index (Phi) is 7.58. The Bertz CT molecular complexity index is 1000. The molecule has 176 valence electrons. The molecule has 1 aliphatic heterocycles. The Balaban J connectivity index is 1.59. The zero-order chi connectivity index (χ0) is 24.0. The lowest BCUT2D eigenvalue weighted by molar-refractivity contribution is -0.141. The fourth-order valence-electron chi connectivity index (χ4n) is 3.62. The highest BCUT2D eigenvalue weighted by Crippen LogP contribution is 2.36. The van der Waals surface area contributed by atoms with Crippen LogP contribution in [0.25, 0.3) is 0 Å². The van der Waals surface area contributed by atoms with E-state index in [-0.39, 0.29) is 31.2 Å². The molecule has 0 aromatic heterocycles. The number of hydrogen-bond donors (Lipinski definition) is 3. The predicted molar refractivity (Wildman–Crippen MR) is 122 cm³/mol. The van der Waals surface area contributed by atoms with Crippen molar-refractivity contribution in [1.29, 1.82) is 0 Å². The first-order chi connectivity index (χ1) is 15.6. The monoisotopic (exact) mass is 454 g/mol. The Morgan fingerprint density at radius 1 is 1.12 bits per heavy atom. The van der Waals surface area contributed by atoms with Crippen LogP contribution in [0.3, 0.4) is 0 Å². The molecule has 0 saturated heterocycles. The van der Waals surface area contributed by atoms with Crippen molar-refractivity contribution in [2.45, 2.75) is 57.7 Å². The molecule has 2 amide bonds. The summed E-state index contributed by atoms with van der Waals surface area (Å²) in [6.45, 7) is 6.00. The highest BCUT2D eigenvalue weighted by molar-refractivity contribution is 5.84. The van der Waals surface area contributed by atoms with Crippen molar-refractivity contribution in [2.24, 2.45) is 0 Å². The predicted octanol–water partition coefficient (Wildman–Crippen LogP) is 3.39. The number of carbonyl (C=O) groups is 3. The van der Waals surface area contributed by atoms with Gasteiger partial charge in [0.15, 0.2) is 0 Å². The number of carbonyl (C=O) groups excluding carboxylic acids is 2. The molecule has 1 aliphatic rings. The molecule has 0 bridgehead atoms. The summed E-state index contributed by atoms with van der Waals surface area (Å²) >= 11 is 0. The molecular formula is C25H30N2O6. The van der Waals surface area contributed by atoms with Crippen LogP contribution in [0, 0.1) is 0 Å². The van der Waals surface area contributed by atoms with Crippen LogP contribution in [0.1, 0.15) is 49.8 Å². The molecule has 0 fully saturated rings. The van der Waals surface area contributed by atoms with Crippen molar-refractivity contribution < 1.29 is 29.0 Å². The summed E-state index contributed by atoms with van der Waals surface area (Å²) in [6, 6.07) is 13.7. The van der Waals surface area contributed by atoms with E-state index in [0.717, 1.165) is 16.7 Å². The Hall–Kier alpha value is -3.55. The summed E-state index contributed by atoms with van der Waals surface area (Å²) in [4.78, 5) is 36.2. The van der Waals surface area contributed by atoms with Crippen molar-refractivity contribution in [3.05, 3.63) is 65.2 Å². The van der Waals surface area contributed by atoms with Gasteiger partial charge < -0.3 is 25.2 Å². The van der Waals surface area contributed by atoms with Gasteiger partial charge in [-0.1, -0.05) is 36.4 Å². The van der Waals surface area contributed by atoms with Crippen LogP contribution in [0.5, 0.6) is 5.75 Å². The zero-order valence-electron chi connectivity index (χ0n) is 19.1.